The van der Waals surface area contributed by atoms with Crippen LogP contribution in [0.5, 0.6) is 0 Å². The van der Waals surface area contributed by atoms with E-state index in [1.807, 2.05) is 0 Å². The van der Waals surface area contributed by atoms with E-state index in [1.165, 1.54) is 44.1 Å². The number of hydrogen-bond acceptors (Lipinski definition) is 1. The Morgan fingerprint density at radius 3 is 1.78 bits per heavy atom. The molecule has 1 nitrogen and oxygen atoms in total. The highest BCUT2D eigenvalue weighted by molar-refractivity contribution is 5.28. The minimum Gasteiger partial charge on any atom is -0.258 e. The summed E-state index contributed by atoms with van der Waals surface area (Å²) >= 11 is 0. The van der Waals surface area contributed by atoms with Crippen molar-refractivity contribution < 1.29 is 0 Å². The molecule has 1 rings (SSSR count). The van der Waals surface area contributed by atoms with Crippen LogP contribution >= 0.6 is 0 Å². The fraction of sp³-hybridized carbons (Fsp3) is 0.706. The maximum Gasteiger partial charge on any atom is 0.0378 e. The van der Waals surface area contributed by atoms with Gasteiger partial charge in [0.15, 0.2) is 0 Å². The number of aromatic nitrogens is 1. The van der Waals surface area contributed by atoms with Gasteiger partial charge in [-0.05, 0) is 49.8 Å². The van der Waals surface area contributed by atoms with Crippen LogP contribution in [0.4, 0.5) is 0 Å². The zero-order chi connectivity index (χ0) is 13.6. The monoisotopic (exact) mass is 247 g/mol. The summed E-state index contributed by atoms with van der Waals surface area (Å²) in [6.07, 6.45) is 7.80. The lowest BCUT2D eigenvalue weighted by atomic mass is 9.74. The second-order valence-corrected chi connectivity index (χ2v) is 5.91. The number of rotatable bonds is 7. The Morgan fingerprint density at radius 2 is 1.39 bits per heavy atom. The number of pyridine rings is 1. The molecule has 0 aromatic carbocycles. The number of hydrogen-bond donors (Lipinski definition) is 0. The fourth-order valence-corrected chi connectivity index (χ4v) is 2.73. The molecule has 0 spiro atoms. The van der Waals surface area contributed by atoms with Gasteiger partial charge in [-0.25, -0.2) is 0 Å². The molecule has 18 heavy (non-hydrogen) atoms. The Balaban J connectivity index is 2.99. The highest BCUT2D eigenvalue weighted by atomic mass is 14.7. The number of aryl methyl sites for hydroxylation is 2. The van der Waals surface area contributed by atoms with Gasteiger partial charge in [-0.15, -0.1) is 0 Å². The topological polar surface area (TPSA) is 12.9 Å². The van der Waals surface area contributed by atoms with Crippen LogP contribution in [0.15, 0.2) is 12.1 Å². The normalized spacial score (nSPS) is 11.8. The third kappa shape index (κ3) is 4.12. The van der Waals surface area contributed by atoms with Gasteiger partial charge in [-0.1, -0.05) is 46.5 Å². The molecule has 1 aromatic rings. The molecule has 1 aromatic heterocycles. The lowest BCUT2D eigenvalue weighted by Gasteiger charge is -2.31. The van der Waals surface area contributed by atoms with Crippen molar-refractivity contribution in [1.82, 2.24) is 4.98 Å². The quantitative estimate of drug-likeness (QED) is 0.634. The molecule has 0 radical (unpaired) electrons. The van der Waals surface area contributed by atoms with Gasteiger partial charge in [-0.3, -0.25) is 4.98 Å². The van der Waals surface area contributed by atoms with Crippen molar-refractivity contribution in [3.8, 4) is 0 Å². The van der Waals surface area contributed by atoms with Crippen LogP contribution < -0.4 is 0 Å². The van der Waals surface area contributed by atoms with Crippen LogP contribution in [0.3, 0.4) is 0 Å². The van der Waals surface area contributed by atoms with Gasteiger partial charge in [0.25, 0.3) is 0 Å². The van der Waals surface area contributed by atoms with Gasteiger partial charge < -0.3 is 0 Å². The standard InChI is InChI=1S/C17H29N/c1-6-8-10-17(5,11-9-7-2)16-12-14(3)18-15(4)13-16/h12-13H,6-11H2,1-5H3. The zero-order valence-electron chi connectivity index (χ0n) is 12.8. The molecule has 1 heterocycles. The second-order valence-electron chi connectivity index (χ2n) is 5.91. The van der Waals surface area contributed by atoms with E-state index in [-0.39, 0.29) is 0 Å². The first-order valence-electron chi connectivity index (χ1n) is 7.47. The lowest BCUT2D eigenvalue weighted by Crippen LogP contribution is -2.22. The largest absolute Gasteiger partial charge is 0.258 e. The van der Waals surface area contributed by atoms with Crippen molar-refractivity contribution in [3.63, 3.8) is 0 Å². The smallest absolute Gasteiger partial charge is 0.0378 e. The molecule has 0 aliphatic heterocycles. The van der Waals surface area contributed by atoms with Crippen LogP contribution in [0.25, 0.3) is 0 Å². The molecule has 1 heteroatoms. The maximum atomic E-state index is 4.51. The minimum absolute atomic E-state index is 0.338. The SMILES string of the molecule is CCCCC(C)(CCCC)c1cc(C)nc(C)c1. The first kappa shape index (κ1) is 15.2. The van der Waals surface area contributed by atoms with Gasteiger partial charge in [0.05, 0.1) is 0 Å². The molecule has 0 fully saturated rings. The molecule has 0 aliphatic rings. The molecule has 0 atom stereocenters. The third-order valence-electron chi connectivity index (χ3n) is 3.94. The third-order valence-corrected chi connectivity index (χ3v) is 3.94. The van der Waals surface area contributed by atoms with E-state index in [2.05, 4.69) is 51.7 Å². The van der Waals surface area contributed by atoms with E-state index in [4.69, 9.17) is 0 Å². The highest BCUT2D eigenvalue weighted by Crippen LogP contribution is 2.35. The van der Waals surface area contributed by atoms with E-state index in [9.17, 15) is 0 Å². The second kappa shape index (κ2) is 6.92. The van der Waals surface area contributed by atoms with Gasteiger partial charge in [0.1, 0.15) is 0 Å². The molecular weight excluding hydrogens is 218 g/mol. The highest BCUT2D eigenvalue weighted by Gasteiger charge is 2.25. The molecule has 0 aliphatic carbocycles. The maximum absolute atomic E-state index is 4.51. The summed E-state index contributed by atoms with van der Waals surface area (Å²) in [5.41, 5.74) is 4.15. The molecule has 0 saturated heterocycles. The van der Waals surface area contributed by atoms with Crippen molar-refractivity contribution in [3.05, 3.63) is 29.1 Å². The molecule has 0 unspecified atom stereocenters. The Kier molecular flexibility index (Phi) is 5.84. The van der Waals surface area contributed by atoms with E-state index >= 15 is 0 Å². The van der Waals surface area contributed by atoms with Gasteiger partial charge in [0.2, 0.25) is 0 Å². The van der Waals surface area contributed by atoms with Crippen LogP contribution in [-0.4, -0.2) is 4.98 Å². The van der Waals surface area contributed by atoms with Crippen molar-refractivity contribution >= 4 is 0 Å². The molecule has 0 saturated carbocycles. The first-order chi connectivity index (χ1) is 8.51. The van der Waals surface area contributed by atoms with E-state index in [0.717, 1.165) is 11.4 Å². The van der Waals surface area contributed by atoms with Gasteiger partial charge >= 0.3 is 0 Å². The Morgan fingerprint density at radius 1 is 0.944 bits per heavy atom. The summed E-state index contributed by atoms with van der Waals surface area (Å²) in [5.74, 6) is 0. The van der Waals surface area contributed by atoms with Crippen LogP contribution in [0.2, 0.25) is 0 Å². The fourth-order valence-electron chi connectivity index (χ4n) is 2.73. The number of unbranched alkanes of at least 4 members (excludes halogenated alkanes) is 2. The molecule has 0 amide bonds. The zero-order valence-corrected chi connectivity index (χ0v) is 12.8. The molecule has 0 N–H and O–H groups in total. The average Bonchev–Trinajstić information content (AvgIpc) is 2.32. The summed E-state index contributed by atoms with van der Waals surface area (Å²) in [7, 11) is 0. The predicted molar refractivity (Wildman–Crippen MR) is 80.1 cm³/mol. The van der Waals surface area contributed by atoms with Crippen LogP contribution in [0, 0.1) is 13.8 Å². The summed E-state index contributed by atoms with van der Waals surface area (Å²) in [4.78, 5) is 4.51. The molecule has 102 valence electrons. The van der Waals surface area contributed by atoms with E-state index in [1.54, 1.807) is 0 Å². The van der Waals surface area contributed by atoms with Crippen molar-refractivity contribution in [2.24, 2.45) is 0 Å². The predicted octanol–water partition coefficient (Wildman–Crippen LogP) is 5.34. The molecular formula is C17H29N. The van der Waals surface area contributed by atoms with Crippen molar-refractivity contribution in [1.29, 1.82) is 0 Å². The first-order valence-corrected chi connectivity index (χ1v) is 7.47. The Bertz CT molecular complexity index is 340. The Hall–Kier alpha value is -0.850. The van der Waals surface area contributed by atoms with Crippen molar-refractivity contribution in [2.45, 2.75) is 78.6 Å². The van der Waals surface area contributed by atoms with E-state index in [0.29, 0.717) is 5.41 Å². The van der Waals surface area contributed by atoms with Crippen LogP contribution in [0.1, 0.15) is 76.2 Å². The lowest BCUT2D eigenvalue weighted by molar-refractivity contribution is 0.373. The summed E-state index contributed by atoms with van der Waals surface area (Å²) in [6.45, 7) is 11.2. The van der Waals surface area contributed by atoms with Crippen molar-refractivity contribution in [2.75, 3.05) is 0 Å². The minimum atomic E-state index is 0.338. The van der Waals surface area contributed by atoms with Crippen LogP contribution in [-0.2, 0) is 5.41 Å². The summed E-state index contributed by atoms with van der Waals surface area (Å²) in [6, 6.07) is 4.58. The van der Waals surface area contributed by atoms with E-state index < -0.39 is 0 Å². The van der Waals surface area contributed by atoms with Gasteiger partial charge in [-0.2, -0.15) is 0 Å². The number of nitrogens with zero attached hydrogens (tertiary/aromatic N) is 1. The average molecular weight is 247 g/mol. The summed E-state index contributed by atoms with van der Waals surface area (Å²) in [5, 5.41) is 0. The Labute approximate surface area is 113 Å². The van der Waals surface area contributed by atoms with Gasteiger partial charge in [0, 0.05) is 11.4 Å². The summed E-state index contributed by atoms with van der Waals surface area (Å²) < 4.78 is 0. The molecule has 0 bridgehead atoms.